The van der Waals surface area contributed by atoms with E-state index in [9.17, 15) is 4.79 Å². The first-order valence-electron chi connectivity index (χ1n) is 4.95. The lowest BCUT2D eigenvalue weighted by Gasteiger charge is -2.05. The van der Waals surface area contributed by atoms with Crippen molar-refractivity contribution in [3.05, 3.63) is 30.3 Å². The number of benzene rings is 1. The third-order valence-electron chi connectivity index (χ3n) is 1.78. The smallest absolute Gasteiger partial charge is 0.250 e. The molecule has 0 bridgehead atoms. The Morgan fingerprint density at radius 1 is 1.33 bits per heavy atom. The summed E-state index contributed by atoms with van der Waals surface area (Å²) in [5.41, 5.74) is 6.07. The number of carbonyl (C=O) groups excluding carboxylic acids is 1. The van der Waals surface area contributed by atoms with Gasteiger partial charge in [-0.15, -0.1) is 0 Å². The van der Waals surface area contributed by atoms with Crippen molar-refractivity contribution < 1.29 is 9.53 Å². The molecule has 82 valence electrons. The number of anilines is 1. The summed E-state index contributed by atoms with van der Waals surface area (Å²) in [6.45, 7) is 1.19. The van der Waals surface area contributed by atoms with Gasteiger partial charge in [0.05, 0.1) is 0 Å². The summed E-state index contributed by atoms with van der Waals surface area (Å²) in [4.78, 5) is 11.3. The lowest BCUT2D eigenvalue weighted by Crippen LogP contribution is -2.19. The quantitative estimate of drug-likeness (QED) is 0.685. The zero-order chi connectivity index (χ0) is 10.9. The van der Waals surface area contributed by atoms with Gasteiger partial charge in [-0.1, -0.05) is 18.2 Å². The van der Waals surface area contributed by atoms with Crippen LogP contribution in [0.5, 0.6) is 0 Å². The van der Waals surface area contributed by atoms with Gasteiger partial charge in [-0.2, -0.15) is 0 Å². The van der Waals surface area contributed by atoms with E-state index in [0.29, 0.717) is 13.2 Å². The fourth-order valence-electron chi connectivity index (χ4n) is 1.07. The van der Waals surface area contributed by atoms with Crippen LogP contribution in [0.2, 0.25) is 0 Å². The Kier molecular flexibility index (Phi) is 5.43. The molecule has 0 aromatic heterocycles. The van der Waals surface area contributed by atoms with Crippen molar-refractivity contribution in [2.24, 2.45) is 5.73 Å². The Morgan fingerprint density at radius 2 is 2.07 bits per heavy atom. The molecule has 15 heavy (non-hydrogen) atoms. The lowest BCUT2D eigenvalue weighted by molar-refractivity contribution is -0.120. The average Bonchev–Trinajstić information content (AvgIpc) is 2.26. The van der Waals surface area contributed by atoms with Crippen molar-refractivity contribution in [1.82, 2.24) is 0 Å². The number of rotatable bonds is 6. The van der Waals surface area contributed by atoms with Gasteiger partial charge < -0.3 is 15.8 Å². The van der Waals surface area contributed by atoms with Gasteiger partial charge in [0.2, 0.25) is 5.91 Å². The van der Waals surface area contributed by atoms with E-state index in [1.807, 2.05) is 30.3 Å². The number of nitrogens with one attached hydrogen (secondary N) is 1. The monoisotopic (exact) mass is 208 g/mol. The van der Waals surface area contributed by atoms with Gasteiger partial charge in [-0.05, 0) is 25.1 Å². The Hall–Kier alpha value is -1.39. The molecule has 0 spiro atoms. The van der Waals surface area contributed by atoms with Crippen LogP contribution in [0.15, 0.2) is 30.3 Å². The van der Waals surface area contributed by atoms with Crippen molar-refractivity contribution in [2.75, 3.05) is 25.1 Å². The predicted molar refractivity (Wildman–Crippen MR) is 59.6 cm³/mol. The molecule has 4 heteroatoms. The van der Waals surface area contributed by atoms with Crippen LogP contribution in [0.4, 0.5) is 5.69 Å². The van der Waals surface area contributed by atoms with Crippen LogP contribution in [0.1, 0.15) is 6.42 Å². The maximum atomic E-state index is 11.3. The van der Waals surface area contributed by atoms with E-state index in [2.05, 4.69) is 5.32 Å². The molecule has 0 aliphatic heterocycles. The van der Waals surface area contributed by atoms with Gasteiger partial charge in [0.15, 0.2) is 0 Å². The van der Waals surface area contributed by atoms with E-state index in [4.69, 9.17) is 10.5 Å². The molecule has 1 amide bonds. The Bertz CT molecular complexity index is 288. The van der Waals surface area contributed by atoms with Crippen LogP contribution < -0.4 is 11.1 Å². The average molecular weight is 208 g/mol. The summed E-state index contributed by atoms with van der Waals surface area (Å²) in [7, 11) is 0. The van der Waals surface area contributed by atoms with Crippen LogP contribution in [0.3, 0.4) is 0 Å². The third-order valence-corrected chi connectivity index (χ3v) is 1.78. The fourth-order valence-corrected chi connectivity index (χ4v) is 1.07. The summed E-state index contributed by atoms with van der Waals surface area (Å²) < 4.78 is 5.12. The summed E-state index contributed by atoms with van der Waals surface area (Å²) in [5, 5.41) is 2.72. The van der Waals surface area contributed by atoms with Crippen LogP contribution in [0, 0.1) is 0 Å². The standard InChI is InChI=1S/C11H16N2O2/c12-7-4-8-15-9-11(14)13-10-5-2-1-3-6-10/h1-3,5-6H,4,7-9,12H2,(H,13,14). The van der Waals surface area contributed by atoms with Crippen molar-refractivity contribution in [3.63, 3.8) is 0 Å². The molecule has 0 saturated heterocycles. The second kappa shape index (κ2) is 6.98. The summed E-state index contributed by atoms with van der Waals surface area (Å²) in [5.74, 6) is -0.141. The highest BCUT2D eigenvalue weighted by molar-refractivity contribution is 5.91. The molecule has 0 saturated carbocycles. The highest BCUT2D eigenvalue weighted by Gasteiger charge is 2.00. The van der Waals surface area contributed by atoms with Crippen molar-refractivity contribution in [2.45, 2.75) is 6.42 Å². The summed E-state index contributed by atoms with van der Waals surface area (Å²) in [6.07, 6.45) is 0.776. The minimum atomic E-state index is -0.141. The van der Waals surface area contributed by atoms with Crippen LogP contribution in [0.25, 0.3) is 0 Å². The molecular formula is C11H16N2O2. The highest BCUT2D eigenvalue weighted by Crippen LogP contribution is 2.04. The number of ether oxygens (including phenoxy) is 1. The van der Waals surface area contributed by atoms with Crippen LogP contribution in [-0.4, -0.2) is 25.7 Å². The first kappa shape index (κ1) is 11.7. The van der Waals surface area contributed by atoms with Crippen LogP contribution >= 0.6 is 0 Å². The van der Waals surface area contributed by atoms with Crippen molar-refractivity contribution in [3.8, 4) is 0 Å². The minimum Gasteiger partial charge on any atom is -0.372 e. The first-order chi connectivity index (χ1) is 7.33. The maximum absolute atomic E-state index is 11.3. The normalized spacial score (nSPS) is 9.93. The molecule has 0 fully saturated rings. The number of nitrogens with two attached hydrogens (primary N) is 1. The van der Waals surface area contributed by atoms with Gasteiger partial charge >= 0.3 is 0 Å². The second-order valence-electron chi connectivity index (χ2n) is 3.11. The molecule has 1 aromatic rings. The number of para-hydroxylation sites is 1. The largest absolute Gasteiger partial charge is 0.372 e. The first-order valence-corrected chi connectivity index (χ1v) is 4.95. The molecule has 0 aliphatic carbocycles. The molecular weight excluding hydrogens is 192 g/mol. The summed E-state index contributed by atoms with van der Waals surface area (Å²) >= 11 is 0. The number of carbonyl (C=O) groups is 1. The molecule has 0 unspecified atom stereocenters. The van der Waals surface area contributed by atoms with Crippen molar-refractivity contribution >= 4 is 11.6 Å². The SMILES string of the molecule is NCCCOCC(=O)Nc1ccccc1. The highest BCUT2D eigenvalue weighted by atomic mass is 16.5. The Morgan fingerprint density at radius 3 is 2.73 bits per heavy atom. The fraction of sp³-hybridized carbons (Fsp3) is 0.364. The molecule has 0 atom stereocenters. The molecule has 0 aliphatic rings. The topological polar surface area (TPSA) is 64.3 Å². The second-order valence-corrected chi connectivity index (χ2v) is 3.11. The molecule has 1 rings (SSSR count). The van der Waals surface area contributed by atoms with E-state index < -0.39 is 0 Å². The molecule has 0 heterocycles. The van der Waals surface area contributed by atoms with E-state index in [-0.39, 0.29) is 12.5 Å². The summed E-state index contributed by atoms with van der Waals surface area (Å²) in [6, 6.07) is 9.29. The van der Waals surface area contributed by atoms with Gasteiger partial charge in [-0.3, -0.25) is 4.79 Å². The van der Waals surface area contributed by atoms with Gasteiger partial charge in [0, 0.05) is 12.3 Å². The Balaban J connectivity index is 2.19. The number of hydrogen-bond donors (Lipinski definition) is 2. The van der Waals surface area contributed by atoms with Gasteiger partial charge in [-0.25, -0.2) is 0 Å². The van der Waals surface area contributed by atoms with E-state index in [0.717, 1.165) is 12.1 Å². The third kappa shape index (κ3) is 5.15. The zero-order valence-corrected chi connectivity index (χ0v) is 8.61. The van der Waals surface area contributed by atoms with Gasteiger partial charge in [0.25, 0.3) is 0 Å². The van der Waals surface area contributed by atoms with E-state index in [1.54, 1.807) is 0 Å². The lowest BCUT2D eigenvalue weighted by atomic mass is 10.3. The zero-order valence-electron chi connectivity index (χ0n) is 8.61. The molecule has 4 nitrogen and oxygen atoms in total. The number of amides is 1. The maximum Gasteiger partial charge on any atom is 0.250 e. The van der Waals surface area contributed by atoms with E-state index >= 15 is 0 Å². The number of hydrogen-bond acceptors (Lipinski definition) is 3. The molecule has 3 N–H and O–H groups in total. The van der Waals surface area contributed by atoms with Crippen LogP contribution in [-0.2, 0) is 9.53 Å². The minimum absolute atomic E-state index is 0.0783. The molecule has 1 aromatic carbocycles. The predicted octanol–water partition coefficient (Wildman–Crippen LogP) is 0.990. The van der Waals surface area contributed by atoms with E-state index in [1.165, 1.54) is 0 Å². The van der Waals surface area contributed by atoms with Crippen molar-refractivity contribution in [1.29, 1.82) is 0 Å². The molecule has 0 radical (unpaired) electrons. The van der Waals surface area contributed by atoms with Gasteiger partial charge in [0.1, 0.15) is 6.61 Å². The Labute approximate surface area is 89.4 Å².